The number of aromatic hydroxyl groups is 1. The van der Waals surface area contributed by atoms with Crippen LogP contribution in [0.25, 0.3) is 21.9 Å². The maximum atomic E-state index is 13.4. The smallest absolute Gasteiger partial charge is 0.326 e. The Morgan fingerprint density at radius 3 is 2.18 bits per heavy atom. The van der Waals surface area contributed by atoms with Crippen LogP contribution < -0.4 is 5.32 Å². The summed E-state index contributed by atoms with van der Waals surface area (Å²) in [6.45, 7) is 0. The highest BCUT2D eigenvalue weighted by molar-refractivity contribution is 6.31. The number of rotatable bonds is 6. The highest BCUT2D eigenvalue weighted by Gasteiger charge is 2.23. The summed E-state index contributed by atoms with van der Waals surface area (Å²) in [5.41, 5.74) is 2.20. The fraction of sp³-hybridized carbons (Fsp3) is 0.0769. The molecule has 1 atom stereocenters. The van der Waals surface area contributed by atoms with Crippen molar-refractivity contribution >= 4 is 34.2 Å². The molecule has 4 rings (SSSR count). The largest absolute Gasteiger partial charge is 0.507 e. The summed E-state index contributed by atoms with van der Waals surface area (Å²) in [5, 5.41) is 23.9. The van der Waals surface area contributed by atoms with Crippen LogP contribution in [-0.4, -0.2) is 28.1 Å². The van der Waals surface area contributed by atoms with Gasteiger partial charge in [-0.2, -0.15) is 0 Å². The van der Waals surface area contributed by atoms with E-state index in [2.05, 4.69) is 5.32 Å². The van der Waals surface area contributed by atoms with Crippen LogP contribution in [0.15, 0.2) is 78.9 Å². The van der Waals surface area contributed by atoms with Crippen molar-refractivity contribution < 1.29 is 24.2 Å². The lowest BCUT2D eigenvalue weighted by Gasteiger charge is -2.16. The molecule has 0 aromatic heterocycles. The summed E-state index contributed by atoms with van der Waals surface area (Å²) < 4.78 is 13.4. The van der Waals surface area contributed by atoms with E-state index in [-0.39, 0.29) is 22.8 Å². The van der Waals surface area contributed by atoms with Crippen molar-refractivity contribution in [1.82, 2.24) is 5.32 Å². The van der Waals surface area contributed by atoms with Gasteiger partial charge in [-0.05, 0) is 51.7 Å². The zero-order valence-corrected chi connectivity index (χ0v) is 18.0. The number of amides is 1. The summed E-state index contributed by atoms with van der Waals surface area (Å²) in [6, 6.07) is 20.5. The van der Waals surface area contributed by atoms with E-state index in [1.54, 1.807) is 42.5 Å². The van der Waals surface area contributed by atoms with E-state index in [1.807, 2.05) is 12.1 Å². The molecule has 0 aliphatic carbocycles. The highest BCUT2D eigenvalue weighted by atomic mass is 35.5. The number of carbonyl (C=O) groups excluding carboxylic acids is 1. The van der Waals surface area contributed by atoms with Crippen LogP contribution in [0.4, 0.5) is 4.39 Å². The third kappa shape index (κ3) is 4.96. The Morgan fingerprint density at radius 2 is 1.55 bits per heavy atom. The second kappa shape index (κ2) is 9.30. The molecule has 5 nitrogen and oxygen atoms in total. The van der Waals surface area contributed by atoms with Crippen molar-refractivity contribution in [3.8, 4) is 16.9 Å². The first-order chi connectivity index (χ1) is 15.8. The molecule has 0 fully saturated rings. The van der Waals surface area contributed by atoms with Crippen molar-refractivity contribution in [2.45, 2.75) is 12.5 Å². The molecule has 0 radical (unpaired) electrons. The topological polar surface area (TPSA) is 86.6 Å². The van der Waals surface area contributed by atoms with Crippen LogP contribution in [0.3, 0.4) is 0 Å². The Kier molecular flexibility index (Phi) is 6.29. The third-order valence-corrected chi connectivity index (χ3v) is 5.65. The Morgan fingerprint density at radius 1 is 0.909 bits per heavy atom. The van der Waals surface area contributed by atoms with Crippen LogP contribution in [0.2, 0.25) is 5.02 Å². The lowest BCUT2D eigenvalue weighted by molar-refractivity contribution is -0.139. The molecular weight excluding hydrogens is 445 g/mol. The van der Waals surface area contributed by atoms with Crippen LogP contribution in [0, 0.1) is 5.82 Å². The number of halogens is 2. The van der Waals surface area contributed by atoms with Crippen molar-refractivity contribution in [3.63, 3.8) is 0 Å². The average molecular weight is 464 g/mol. The fourth-order valence-electron chi connectivity index (χ4n) is 3.59. The van der Waals surface area contributed by atoms with Gasteiger partial charge in [0.1, 0.15) is 17.6 Å². The number of hydrogen-bond donors (Lipinski definition) is 3. The Bertz CT molecular complexity index is 1350. The molecule has 0 saturated heterocycles. The normalized spacial score (nSPS) is 11.8. The van der Waals surface area contributed by atoms with E-state index < -0.39 is 23.7 Å². The number of benzene rings is 4. The van der Waals surface area contributed by atoms with E-state index in [9.17, 15) is 24.2 Å². The Labute approximate surface area is 194 Å². The van der Waals surface area contributed by atoms with Gasteiger partial charge in [-0.25, -0.2) is 9.18 Å². The molecule has 3 N–H and O–H groups in total. The number of phenols is 1. The number of carboxylic acids is 1. The number of aliphatic carboxylic acids is 1. The van der Waals surface area contributed by atoms with Gasteiger partial charge in [0.2, 0.25) is 0 Å². The molecular formula is C26H19ClFNO4. The summed E-state index contributed by atoms with van der Waals surface area (Å²) in [5.74, 6) is -2.60. The standard InChI is InChI=1S/C26H19ClFNO4/c27-21-13-19(9-10-22(21)28)16-7-5-15(6-8-16)11-23(26(32)33)29-25(31)20-12-17-3-1-2-4-18(17)14-24(20)30/h1-10,12-14,23,30H,11H2,(H,29,31)(H,32,33)/t23-/m0/s1. The summed E-state index contributed by atoms with van der Waals surface area (Å²) >= 11 is 5.84. The molecule has 166 valence electrons. The van der Waals surface area contributed by atoms with Gasteiger partial charge in [0.15, 0.2) is 0 Å². The van der Waals surface area contributed by atoms with E-state index >= 15 is 0 Å². The molecule has 0 unspecified atom stereocenters. The molecule has 0 heterocycles. The van der Waals surface area contributed by atoms with Gasteiger partial charge >= 0.3 is 5.97 Å². The second-order valence-corrected chi connectivity index (χ2v) is 8.02. The predicted octanol–water partition coefficient (Wildman–Crippen LogP) is 5.43. The first kappa shape index (κ1) is 22.3. The number of phenolic OH excluding ortho intramolecular Hbond substituents is 1. The van der Waals surface area contributed by atoms with Crippen LogP contribution in [0.1, 0.15) is 15.9 Å². The highest BCUT2D eigenvalue weighted by Crippen LogP contribution is 2.26. The monoisotopic (exact) mass is 463 g/mol. The van der Waals surface area contributed by atoms with Gasteiger partial charge in [-0.3, -0.25) is 4.79 Å². The number of nitrogens with one attached hydrogen (secondary N) is 1. The zero-order valence-electron chi connectivity index (χ0n) is 17.3. The molecule has 0 bridgehead atoms. The van der Waals surface area contributed by atoms with E-state index in [0.29, 0.717) is 5.56 Å². The second-order valence-electron chi connectivity index (χ2n) is 7.61. The van der Waals surface area contributed by atoms with Crippen LogP contribution in [-0.2, 0) is 11.2 Å². The van der Waals surface area contributed by atoms with Gasteiger partial charge < -0.3 is 15.5 Å². The molecule has 4 aromatic carbocycles. The van der Waals surface area contributed by atoms with E-state index in [0.717, 1.165) is 21.9 Å². The van der Waals surface area contributed by atoms with Gasteiger partial charge in [0.25, 0.3) is 5.91 Å². The van der Waals surface area contributed by atoms with Crippen molar-refractivity contribution in [3.05, 3.63) is 101 Å². The van der Waals surface area contributed by atoms with Gasteiger partial charge in [-0.15, -0.1) is 0 Å². The minimum absolute atomic E-state index is 0.00323. The lowest BCUT2D eigenvalue weighted by atomic mass is 10.00. The zero-order chi connectivity index (χ0) is 23.5. The minimum Gasteiger partial charge on any atom is -0.507 e. The molecule has 0 aliphatic heterocycles. The maximum absolute atomic E-state index is 13.4. The van der Waals surface area contributed by atoms with E-state index in [1.165, 1.54) is 24.3 Å². The summed E-state index contributed by atoms with van der Waals surface area (Å²) in [6.07, 6.45) is 0.0415. The quantitative estimate of drug-likeness (QED) is 0.356. The number of fused-ring (bicyclic) bond motifs is 1. The molecule has 7 heteroatoms. The predicted molar refractivity (Wildman–Crippen MR) is 125 cm³/mol. The third-order valence-electron chi connectivity index (χ3n) is 5.36. The lowest BCUT2D eigenvalue weighted by Crippen LogP contribution is -2.42. The SMILES string of the molecule is O=C(N[C@@H](Cc1ccc(-c2ccc(F)c(Cl)c2)cc1)C(=O)O)c1cc2ccccc2cc1O. The van der Waals surface area contributed by atoms with Crippen molar-refractivity contribution in [2.75, 3.05) is 0 Å². The van der Waals surface area contributed by atoms with Gasteiger partial charge in [0.05, 0.1) is 10.6 Å². The number of carbonyl (C=O) groups is 2. The number of hydrogen-bond acceptors (Lipinski definition) is 3. The van der Waals surface area contributed by atoms with Crippen LogP contribution in [0.5, 0.6) is 5.75 Å². The Balaban J connectivity index is 1.51. The molecule has 0 aliphatic rings. The molecule has 33 heavy (non-hydrogen) atoms. The van der Waals surface area contributed by atoms with Crippen LogP contribution >= 0.6 is 11.6 Å². The molecule has 1 amide bonds. The van der Waals surface area contributed by atoms with Gasteiger partial charge in [-0.1, -0.05) is 66.2 Å². The minimum atomic E-state index is -1.20. The fourth-order valence-corrected chi connectivity index (χ4v) is 3.77. The maximum Gasteiger partial charge on any atom is 0.326 e. The van der Waals surface area contributed by atoms with E-state index in [4.69, 9.17) is 11.6 Å². The molecule has 0 spiro atoms. The molecule has 4 aromatic rings. The van der Waals surface area contributed by atoms with Crippen molar-refractivity contribution in [1.29, 1.82) is 0 Å². The summed E-state index contributed by atoms with van der Waals surface area (Å²) in [7, 11) is 0. The average Bonchev–Trinajstić information content (AvgIpc) is 2.80. The van der Waals surface area contributed by atoms with Gasteiger partial charge in [0, 0.05) is 6.42 Å². The number of carboxylic acid groups (broad SMARTS) is 1. The molecule has 0 saturated carbocycles. The first-order valence-electron chi connectivity index (χ1n) is 10.1. The Hall–Kier alpha value is -3.90. The summed E-state index contributed by atoms with van der Waals surface area (Å²) in [4.78, 5) is 24.5. The first-order valence-corrected chi connectivity index (χ1v) is 10.5. The van der Waals surface area contributed by atoms with Crippen molar-refractivity contribution in [2.24, 2.45) is 0 Å².